The highest BCUT2D eigenvalue weighted by atomic mass is 32.1. The fourth-order valence-electron chi connectivity index (χ4n) is 2.22. The zero-order valence-corrected chi connectivity index (χ0v) is 10.6. The Morgan fingerprint density at radius 2 is 2.33 bits per heavy atom. The number of carboxylic acid groups (broad SMARTS) is 1. The molecule has 1 aromatic rings. The minimum Gasteiger partial charge on any atom is -0.480 e. The normalized spacial score (nSPS) is 19.9. The highest BCUT2D eigenvalue weighted by Crippen LogP contribution is 2.34. The van der Waals surface area contributed by atoms with Gasteiger partial charge in [0.15, 0.2) is 0 Å². The first-order chi connectivity index (χ1) is 8.63. The molecule has 1 unspecified atom stereocenters. The average Bonchev–Trinajstić information content (AvgIpc) is 2.82. The number of rotatable bonds is 4. The van der Waals surface area contributed by atoms with Gasteiger partial charge in [-0.25, -0.2) is 4.79 Å². The molecule has 98 valence electrons. The van der Waals surface area contributed by atoms with E-state index in [2.05, 4.69) is 5.32 Å². The number of fused-ring (bicyclic) bond motifs is 1. The zero-order chi connectivity index (χ0) is 13.1. The molecule has 2 rings (SSSR count). The van der Waals surface area contributed by atoms with Crippen molar-refractivity contribution in [3.63, 3.8) is 0 Å². The van der Waals surface area contributed by atoms with Gasteiger partial charge >= 0.3 is 5.97 Å². The molecule has 0 saturated heterocycles. The van der Waals surface area contributed by atoms with E-state index in [1.807, 2.05) is 11.4 Å². The third-order valence-corrected chi connectivity index (χ3v) is 4.16. The van der Waals surface area contributed by atoms with Gasteiger partial charge in [-0.15, -0.1) is 11.3 Å². The summed E-state index contributed by atoms with van der Waals surface area (Å²) >= 11 is 1.63. The van der Waals surface area contributed by atoms with Gasteiger partial charge in [0.05, 0.1) is 12.5 Å². The molecule has 0 radical (unpaired) electrons. The van der Waals surface area contributed by atoms with Crippen molar-refractivity contribution in [3.8, 4) is 0 Å². The fourth-order valence-corrected chi connectivity index (χ4v) is 3.20. The van der Waals surface area contributed by atoms with Crippen molar-refractivity contribution in [2.24, 2.45) is 0 Å². The number of aryl methyl sites for hydroxylation is 1. The van der Waals surface area contributed by atoms with Crippen LogP contribution in [0.4, 0.5) is 0 Å². The molecule has 5 nitrogen and oxygen atoms in total. The Balaban J connectivity index is 2.09. The first-order valence-corrected chi connectivity index (χ1v) is 6.71. The predicted octanol–water partition coefficient (Wildman–Crippen LogP) is 0.730. The van der Waals surface area contributed by atoms with E-state index in [9.17, 15) is 9.59 Å². The number of carboxylic acids is 1. The third kappa shape index (κ3) is 2.54. The first-order valence-electron chi connectivity index (χ1n) is 5.83. The summed E-state index contributed by atoms with van der Waals surface area (Å²) in [5.74, 6) is -1.81. The zero-order valence-electron chi connectivity index (χ0n) is 9.76. The number of carbonyl (C=O) groups is 2. The minimum absolute atomic E-state index is 0.284. The lowest BCUT2D eigenvalue weighted by molar-refractivity contribution is -0.143. The Kier molecular flexibility index (Phi) is 3.98. The number of hydrogen-bond acceptors (Lipinski definition) is 4. The Hall–Kier alpha value is -1.40. The van der Waals surface area contributed by atoms with Crippen LogP contribution in [-0.2, 0) is 16.0 Å². The van der Waals surface area contributed by atoms with E-state index in [1.54, 1.807) is 11.3 Å². The number of hydrogen-bond donors (Lipinski definition) is 3. The van der Waals surface area contributed by atoms with E-state index < -0.39 is 18.6 Å². The molecule has 1 aromatic heterocycles. The van der Waals surface area contributed by atoms with Gasteiger partial charge in [0.25, 0.3) is 0 Å². The SMILES string of the molecule is O=C(N[C@@H](CO)C(=O)O)C1CCCc2sccc21. The van der Waals surface area contributed by atoms with Crippen LogP contribution in [0.25, 0.3) is 0 Å². The average molecular weight is 269 g/mol. The van der Waals surface area contributed by atoms with Crippen molar-refractivity contribution in [2.75, 3.05) is 6.61 Å². The lowest BCUT2D eigenvalue weighted by Gasteiger charge is -2.23. The van der Waals surface area contributed by atoms with Gasteiger partial charge in [-0.05, 0) is 36.3 Å². The van der Waals surface area contributed by atoms with Gasteiger partial charge in [-0.1, -0.05) is 0 Å². The Morgan fingerprint density at radius 3 is 3.00 bits per heavy atom. The summed E-state index contributed by atoms with van der Waals surface area (Å²) in [6.07, 6.45) is 2.65. The second kappa shape index (κ2) is 5.49. The number of amides is 1. The molecule has 6 heteroatoms. The molecule has 1 aliphatic rings. The van der Waals surface area contributed by atoms with E-state index in [4.69, 9.17) is 10.2 Å². The molecule has 0 saturated carbocycles. The van der Waals surface area contributed by atoms with E-state index >= 15 is 0 Å². The minimum atomic E-state index is -1.22. The van der Waals surface area contributed by atoms with Crippen molar-refractivity contribution in [2.45, 2.75) is 31.2 Å². The molecule has 0 aliphatic heterocycles. The molecule has 1 amide bonds. The van der Waals surface area contributed by atoms with Crippen LogP contribution in [0.1, 0.15) is 29.2 Å². The van der Waals surface area contributed by atoms with Crippen molar-refractivity contribution >= 4 is 23.2 Å². The fraction of sp³-hybridized carbons (Fsp3) is 0.500. The summed E-state index contributed by atoms with van der Waals surface area (Å²) in [5, 5.41) is 22.0. The Morgan fingerprint density at radius 1 is 1.56 bits per heavy atom. The van der Waals surface area contributed by atoms with Crippen LogP contribution in [0.5, 0.6) is 0 Å². The number of aliphatic hydroxyl groups is 1. The standard InChI is InChI=1S/C12H15NO4S/c14-6-9(12(16)17)13-11(15)8-2-1-3-10-7(8)4-5-18-10/h4-5,8-9,14H,1-3,6H2,(H,13,15)(H,16,17)/t8?,9-/m0/s1. The first kappa shape index (κ1) is 13.0. The van der Waals surface area contributed by atoms with Crippen LogP contribution < -0.4 is 5.32 Å². The topological polar surface area (TPSA) is 86.6 Å². The largest absolute Gasteiger partial charge is 0.480 e. The van der Waals surface area contributed by atoms with Crippen LogP contribution in [0.3, 0.4) is 0 Å². The maximum Gasteiger partial charge on any atom is 0.328 e. The molecule has 1 heterocycles. The van der Waals surface area contributed by atoms with E-state index in [-0.39, 0.29) is 11.8 Å². The summed E-state index contributed by atoms with van der Waals surface area (Å²) in [7, 11) is 0. The quantitative estimate of drug-likeness (QED) is 0.752. The maximum absolute atomic E-state index is 12.1. The van der Waals surface area contributed by atoms with Gasteiger partial charge in [0.2, 0.25) is 5.91 Å². The summed E-state index contributed by atoms with van der Waals surface area (Å²) < 4.78 is 0. The maximum atomic E-state index is 12.1. The molecular weight excluding hydrogens is 254 g/mol. The summed E-state index contributed by atoms with van der Waals surface area (Å²) in [4.78, 5) is 24.0. The summed E-state index contributed by atoms with van der Waals surface area (Å²) in [5.41, 5.74) is 1.01. The van der Waals surface area contributed by atoms with E-state index in [0.29, 0.717) is 0 Å². The van der Waals surface area contributed by atoms with Crippen molar-refractivity contribution in [1.29, 1.82) is 0 Å². The Labute approximate surface area is 108 Å². The second-order valence-electron chi connectivity index (χ2n) is 4.33. The lowest BCUT2D eigenvalue weighted by atomic mass is 9.87. The summed E-state index contributed by atoms with van der Waals surface area (Å²) in [6, 6.07) is 0.708. The van der Waals surface area contributed by atoms with Crippen molar-refractivity contribution in [1.82, 2.24) is 5.32 Å². The van der Waals surface area contributed by atoms with Crippen LogP contribution in [-0.4, -0.2) is 34.7 Å². The monoisotopic (exact) mass is 269 g/mol. The highest BCUT2D eigenvalue weighted by molar-refractivity contribution is 7.10. The molecule has 0 fully saturated rings. The smallest absolute Gasteiger partial charge is 0.328 e. The van der Waals surface area contributed by atoms with Crippen LogP contribution in [0.15, 0.2) is 11.4 Å². The Bertz CT molecular complexity index is 457. The molecule has 1 aliphatic carbocycles. The lowest BCUT2D eigenvalue weighted by Crippen LogP contribution is -2.45. The van der Waals surface area contributed by atoms with Gasteiger partial charge in [0, 0.05) is 4.88 Å². The van der Waals surface area contributed by atoms with Gasteiger partial charge in [-0.2, -0.15) is 0 Å². The molecule has 18 heavy (non-hydrogen) atoms. The van der Waals surface area contributed by atoms with Crippen molar-refractivity contribution < 1.29 is 19.8 Å². The number of aliphatic carboxylic acids is 1. The van der Waals surface area contributed by atoms with Crippen molar-refractivity contribution in [3.05, 3.63) is 21.9 Å². The van der Waals surface area contributed by atoms with Crippen LogP contribution >= 0.6 is 11.3 Å². The predicted molar refractivity (Wildman–Crippen MR) is 66.7 cm³/mol. The number of thiophene rings is 1. The third-order valence-electron chi connectivity index (χ3n) is 3.17. The van der Waals surface area contributed by atoms with Gasteiger partial charge in [-0.3, -0.25) is 4.79 Å². The van der Waals surface area contributed by atoms with Crippen LogP contribution in [0.2, 0.25) is 0 Å². The second-order valence-corrected chi connectivity index (χ2v) is 5.33. The molecule has 3 N–H and O–H groups in total. The number of carbonyl (C=O) groups excluding carboxylic acids is 1. The molecule has 0 spiro atoms. The van der Waals surface area contributed by atoms with Gasteiger partial charge < -0.3 is 15.5 Å². The molecule has 0 bridgehead atoms. The number of aliphatic hydroxyl groups excluding tert-OH is 1. The number of nitrogens with one attached hydrogen (secondary N) is 1. The molecular formula is C12H15NO4S. The van der Waals surface area contributed by atoms with Crippen LogP contribution in [0, 0.1) is 0 Å². The molecule has 2 atom stereocenters. The van der Waals surface area contributed by atoms with E-state index in [0.717, 1.165) is 24.8 Å². The highest BCUT2D eigenvalue weighted by Gasteiger charge is 2.29. The molecule has 0 aromatic carbocycles. The van der Waals surface area contributed by atoms with Gasteiger partial charge in [0.1, 0.15) is 6.04 Å². The van der Waals surface area contributed by atoms with E-state index in [1.165, 1.54) is 4.88 Å². The summed E-state index contributed by atoms with van der Waals surface area (Å²) in [6.45, 7) is -0.593.